The van der Waals surface area contributed by atoms with Gasteiger partial charge in [0.15, 0.2) is 5.65 Å². The van der Waals surface area contributed by atoms with Crippen LogP contribution in [0.3, 0.4) is 0 Å². The number of hydrogen-bond donors (Lipinski definition) is 0. The van der Waals surface area contributed by atoms with Crippen LogP contribution in [0, 0.1) is 30.3 Å². The number of nitrogens with zero attached hydrogens (tertiary/aromatic N) is 6. The van der Waals surface area contributed by atoms with Gasteiger partial charge in [-0.3, -0.25) is 35.3 Å². The van der Waals surface area contributed by atoms with Gasteiger partial charge in [-0.15, -0.1) is 0 Å². The fourth-order valence-electron chi connectivity index (χ4n) is 2.39. The molecule has 0 aliphatic heterocycles. The largest absolute Gasteiger partial charge is 0.493 e. The molecule has 0 amide bonds. The number of aromatic nitrogens is 3. The Balaban J connectivity index is 2.55. The fraction of sp³-hybridized carbons (Fsp3) is 0.0833. The summed E-state index contributed by atoms with van der Waals surface area (Å²) in [5.41, 5.74) is -1.04. The van der Waals surface area contributed by atoms with Gasteiger partial charge in [-0.25, -0.2) is 9.97 Å². The lowest BCUT2D eigenvalue weighted by atomic mass is 10.1. The SMILES string of the molecule is O=[N+]([O-])c1cccc2c(C([N+](=O)[O-])[N+](=O)[O-])nc3nccnc3c12. The fourth-order valence-corrected chi connectivity index (χ4v) is 2.39. The van der Waals surface area contributed by atoms with Gasteiger partial charge in [-0.05, 0) is 0 Å². The van der Waals surface area contributed by atoms with Crippen molar-refractivity contribution in [3.63, 3.8) is 0 Å². The van der Waals surface area contributed by atoms with E-state index in [1.54, 1.807) is 0 Å². The van der Waals surface area contributed by atoms with Gasteiger partial charge in [0.25, 0.3) is 5.69 Å². The van der Waals surface area contributed by atoms with Crippen molar-refractivity contribution in [2.75, 3.05) is 0 Å². The van der Waals surface area contributed by atoms with Crippen LogP contribution in [0.4, 0.5) is 5.69 Å². The standard InChI is InChI=1S/C12H6N6O6/c19-16(20)7-3-1-2-6-8(7)10-11(14-5-4-13-10)15-9(6)12(17(21)22)18(23)24/h1-5,12H. The molecule has 1 aromatic carbocycles. The second kappa shape index (κ2) is 5.42. The number of benzene rings is 1. The minimum atomic E-state index is -2.37. The number of nitro benzene ring substituents is 1. The molecule has 0 unspecified atom stereocenters. The van der Waals surface area contributed by atoms with E-state index in [0.717, 1.165) is 0 Å². The molecule has 0 spiro atoms. The molecule has 3 aromatic rings. The molecule has 2 heterocycles. The molecule has 0 aliphatic rings. The zero-order valence-electron chi connectivity index (χ0n) is 11.6. The van der Waals surface area contributed by atoms with Crippen LogP contribution in [0.25, 0.3) is 21.9 Å². The van der Waals surface area contributed by atoms with Crippen LogP contribution in [-0.2, 0) is 0 Å². The van der Waals surface area contributed by atoms with Crippen LogP contribution < -0.4 is 0 Å². The topological polar surface area (TPSA) is 168 Å². The summed E-state index contributed by atoms with van der Waals surface area (Å²) >= 11 is 0. The summed E-state index contributed by atoms with van der Waals surface area (Å²) in [6.45, 7) is 0. The van der Waals surface area contributed by atoms with Crippen molar-refractivity contribution in [2.45, 2.75) is 6.17 Å². The maximum Gasteiger partial charge on any atom is 0.493 e. The summed E-state index contributed by atoms with van der Waals surface area (Å²) < 4.78 is 0. The van der Waals surface area contributed by atoms with Crippen LogP contribution in [0.15, 0.2) is 30.6 Å². The lowest BCUT2D eigenvalue weighted by molar-refractivity contribution is -0.753. The molecule has 24 heavy (non-hydrogen) atoms. The van der Waals surface area contributed by atoms with Crippen LogP contribution in [-0.4, -0.2) is 29.7 Å². The summed E-state index contributed by atoms with van der Waals surface area (Å²) in [4.78, 5) is 42.2. The van der Waals surface area contributed by atoms with Crippen molar-refractivity contribution < 1.29 is 14.8 Å². The van der Waals surface area contributed by atoms with Gasteiger partial charge >= 0.3 is 6.17 Å². The Morgan fingerprint density at radius 3 is 2.25 bits per heavy atom. The maximum atomic E-state index is 11.3. The Morgan fingerprint density at radius 2 is 1.62 bits per heavy atom. The monoisotopic (exact) mass is 330 g/mol. The normalized spacial score (nSPS) is 11.0. The number of fused-ring (bicyclic) bond motifs is 3. The molecule has 12 heteroatoms. The van der Waals surface area contributed by atoms with Crippen molar-refractivity contribution in [1.82, 2.24) is 15.0 Å². The van der Waals surface area contributed by atoms with E-state index in [1.165, 1.54) is 30.6 Å². The van der Waals surface area contributed by atoms with E-state index in [1.807, 2.05) is 0 Å². The van der Waals surface area contributed by atoms with E-state index in [0.29, 0.717) is 0 Å². The molecule has 0 saturated heterocycles. The van der Waals surface area contributed by atoms with Gasteiger partial charge in [0, 0.05) is 23.8 Å². The van der Waals surface area contributed by atoms with E-state index in [2.05, 4.69) is 15.0 Å². The van der Waals surface area contributed by atoms with Gasteiger partial charge in [0.1, 0.15) is 15.4 Å². The lowest BCUT2D eigenvalue weighted by Gasteiger charge is -2.08. The van der Waals surface area contributed by atoms with Crippen LogP contribution in [0.2, 0.25) is 0 Å². The number of nitro groups is 3. The highest BCUT2D eigenvalue weighted by atomic mass is 16.7. The molecule has 12 nitrogen and oxygen atoms in total. The number of pyridine rings is 1. The molecule has 0 saturated carbocycles. The van der Waals surface area contributed by atoms with Crippen molar-refractivity contribution in [1.29, 1.82) is 0 Å². The molecule has 0 radical (unpaired) electrons. The van der Waals surface area contributed by atoms with Crippen LogP contribution in [0.1, 0.15) is 11.9 Å². The van der Waals surface area contributed by atoms with Gasteiger partial charge in [-0.1, -0.05) is 12.1 Å². The molecule has 0 fully saturated rings. The smallest absolute Gasteiger partial charge is 0.258 e. The third kappa shape index (κ3) is 2.22. The molecular formula is C12H6N6O6. The summed E-state index contributed by atoms with van der Waals surface area (Å²) in [6.07, 6.45) is 0.131. The molecule has 120 valence electrons. The molecule has 0 atom stereocenters. The van der Waals surface area contributed by atoms with Crippen molar-refractivity contribution in [3.05, 3.63) is 66.6 Å². The minimum Gasteiger partial charge on any atom is -0.258 e. The first-order chi connectivity index (χ1) is 11.4. The maximum absolute atomic E-state index is 11.3. The second-order valence-electron chi connectivity index (χ2n) is 4.63. The average Bonchev–Trinajstić information content (AvgIpc) is 2.53. The zero-order valence-corrected chi connectivity index (χ0v) is 11.6. The van der Waals surface area contributed by atoms with Crippen LogP contribution >= 0.6 is 0 Å². The predicted octanol–water partition coefficient (Wildman–Crippen LogP) is 1.64. The number of non-ortho nitro benzene ring substituents is 1. The van der Waals surface area contributed by atoms with E-state index >= 15 is 0 Å². The van der Waals surface area contributed by atoms with Gasteiger partial charge in [-0.2, -0.15) is 0 Å². The molecule has 3 rings (SSSR count). The first kappa shape index (κ1) is 15.1. The molecule has 0 aliphatic carbocycles. The van der Waals surface area contributed by atoms with E-state index in [4.69, 9.17) is 0 Å². The van der Waals surface area contributed by atoms with Crippen molar-refractivity contribution in [3.8, 4) is 0 Å². The third-order valence-electron chi connectivity index (χ3n) is 3.30. The lowest BCUT2D eigenvalue weighted by Crippen LogP contribution is -2.21. The quantitative estimate of drug-likeness (QED) is 0.298. The highest BCUT2D eigenvalue weighted by molar-refractivity contribution is 6.08. The van der Waals surface area contributed by atoms with E-state index < -0.39 is 32.3 Å². The summed E-state index contributed by atoms with van der Waals surface area (Å²) in [6, 6.07) is 3.73. The molecular weight excluding hydrogens is 324 g/mol. The van der Waals surface area contributed by atoms with E-state index in [9.17, 15) is 30.3 Å². The van der Waals surface area contributed by atoms with Gasteiger partial charge in [0.2, 0.25) is 5.69 Å². The second-order valence-corrected chi connectivity index (χ2v) is 4.63. The first-order valence-electron chi connectivity index (χ1n) is 6.36. The van der Waals surface area contributed by atoms with Crippen molar-refractivity contribution >= 4 is 27.6 Å². The van der Waals surface area contributed by atoms with Crippen LogP contribution in [0.5, 0.6) is 0 Å². The third-order valence-corrected chi connectivity index (χ3v) is 3.30. The number of hydrogen-bond acceptors (Lipinski definition) is 9. The molecule has 0 bridgehead atoms. The Hall–Kier alpha value is -3.83. The Bertz CT molecular complexity index is 1010. The zero-order chi connectivity index (χ0) is 17.4. The Kier molecular flexibility index (Phi) is 3.41. The summed E-state index contributed by atoms with van der Waals surface area (Å²) in [5.74, 6) is 0. The Labute approximate surface area is 131 Å². The molecule has 0 N–H and O–H groups in total. The molecule has 2 aromatic heterocycles. The van der Waals surface area contributed by atoms with Gasteiger partial charge < -0.3 is 0 Å². The highest BCUT2D eigenvalue weighted by Crippen LogP contribution is 2.34. The Morgan fingerprint density at radius 1 is 0.958 bits per heavy atom. The average molecular weight is 330 g/mol. The minimum absolute atomic E-state index is 0.0361. The highest BCUT2D eigenvalue weighted by Gasteiger charge is 2.39. The van der Waals surface area contributed by atoms with Crippen molar-refractivity contribution in [2.24, 2.45) is 0 Å². The first-order valence-corrected chi connectivity index (χ1v) is 6.36. The predicted molar refractivity (Wildman–Crippen MR) is 78.2 cm³/mol. The summed E-state index contributed by atoms with van der Waals surface area (Å²) in [5, 5.41) is 33.3. The van der Waals surface area contributed by atoms with E-state index in [-0.39, 0.29) is 21.9 Å². The number of rotatable bonds is 4. The van der Waals surface area contributed by atoms with Gasteiger partial charge in [0.05, 0.1) is 10.3 Å². The summed E-state index contributed by atoms with van der Waals surface area (Å²) in [7, 11) is 0.